The number of benzene rings is 2. The Morgan fingerprint density at radius 1 is 1.21 bits per heavy atom. The van der Waals surface area contributed by atoms with Crippen molar-refractivity contribution >= 4 is 16.8 Å². The van der Waals surface area contributed by atoms with E-state index in [1.807, 2.05) is 30.3 Å². The topological polar surface area (TPSA) is 51.5 Å². The number of carbonyl (C=O) groups is 1. The first-order valence-electron chi connectivity index (χ1n) is 8.83. The van der Waals surface area contributed by atoms with E-state index in [0.29, 0.717) is 0 Å². The molecular formula is C21H19F3N2O3. The number of alkyl halides is 1. The first-order chi connectivity index (χ1) is 13.9. The number of methoxy groups -OCH3 is 1. The SMILES string of the molecule is COc1c(F)cc2c(=O)c(C(=O)N(C)Cc3ccccc3)cn(CCF)c2c1F. The van der Waals surface area contributed by atoms with Crippen LogP contribution in [-0.4, -0.2) is 36.2 Å². The first-order valence-corrected chi connectivity index (χ1v) is 8.83. The lowest BCUT2D eigenvalue weighted by Gasteiger charge is -2.19. The van der Waals surface area contributed by atoms with Gasteiger partial charge in [-0.05, 0) is 11.6 Å². The molecular weight excluding hydrogens is 385 g/mol. The second kappa shape index (κ2) is 8.38. The van der Waals surface area contributed by atoms with E-state index in [1.54, 1.807) is 0 Å². The van der Waals surface area contributed by atoms with Crippen molar-refractivity contribution in [3.8, 4) is 5.75 Å². The predicted molar refractivity (Wildman–Crippen MR) is 103 cm³/mol. The molecule has 0 unspecified atom stereocenters. The summed E-state index contributed by atoms with van der Waals surface area (Å²) in [6.07, 6.45) is 1.11. The Hall–Kier alpha value is -3.29. The van der Waals surface area contributed by atoms with Gasteiger partial charge in [-0.3, -0.25) is 9.59 Å². The third-order valence-corrected chi connectivity index (χ3v) is 4.58. The Kier molecular flexibility index (Phi) is 5.91. The van der Waals surface area contributed by atoms with Crippen LogP contribution in [0.4, 0.5) is 13.2 Å². The molecule has 0 saturated carbocycles. The number of aryl methyl sites for hydroxylation is 1. The molecule has 0 radical (unpaired) electrons. The summed E-state index contributed by atoms with van der Waals surface area (Å²) < 4.78 is 47.8. The molecule has 29 heavy (non-hydrogen) atoms. The molecule has 3 aromatic rings. The highest BCUT2D eigenvalue weighted by molar-refractivity contribution is 5.97. The Balaban J connectivity index is 2.14. The molecule has 0 aliphatic carbocycles. The molecule has 1 heterocycles. The summed E-state index contributed by atoms with van der Waals surface area (Å²) in [5.74, 6) is -3.51. The zero-order chi connectivity index (χ0) is 21.1. The van der Waals surface area contributed by atoms with Crippen LogP contribution in [-0.2, 0) is 13.1 Å². The number of hydrogen-bond donors (Lipinski definition) is 0. The fourth-order valence-electron chi connectivity index (χ4n) is 3.21. The lowest BCUT2D eigenvalue weighted by atomic mass is 10.1. The van der Waals surface area contributed by atoms with Crippen LogP contribution < -0.4 is 10.2 Å². The zero-order valence-corrected chi connectivity index (χ0v) is 15.9. The Bertz CT molecular complexity index is 1110. The van der Waals surface area contributed by atoms with Gasteiger partial charge in [-0.2, -0.15) is 0 Å². The van der Waals surface area contributed by atoms with E-state index in [0.717, 1.165) is 29.5 Å². The van der Waals surface area contributed by atoms with Crippen molar-refractivity contribution in [1.29, 1.82) is 0 Å². The first kappa shape index (κ1) is 20.4. The molecule has 0 fully saturated rings. The van der Waals surface area contributed by atoms with E-state index in [4.69, 9.17) is 4.74 Å². The van der Waals surface area contributed by atoms with E-state index in [9.17, 15) is 22.8 Å². The number of pyridine rings is 1. The van der Waals surface area contributed by atoms with Gasteiger partial charge in [0.25, 0.3) is 5.91 Å². The van der Waals surface area contributed by atoms with Crippen LogP contribution in [0.25, 0.3) is 10.9 Å². The highest BCUT2D eigenvalue weighted by Crippen LogP contribution is 2.28. The van der Waals surface area contributed by atoms with Crippen LogP contribution in [0.15, 0.2) is 47.4 Å². The van der Waals surface area contributed by atoms with Gasteiger partial charge in [0.05, 0.1) is 24.6 Å². The number of ether oxygens (including phenoxy) is 1. The van der Waals surface area contributed by atoms with E-state index >= 15 is 0 Å². The van der Waals surface area contributed by atoms with Gasteiger partial charge in [0.1, 0.15) is 12.2 Å². The second-order valence-corrected chi connectivity index (χ2v) is 6.50. The summed E-state index contributed by atoms with van der Waals surface area (Å²) in [6.45, 7) is -0.957. The van der Waals surface area contributed by atoms with Crippen molar-refractivity contribution in [3.63, 3.8) is 0 Å². The molecule has 1 amide bonds. The maximum atomic E-state index is 14.7. The lowest BCUT2D eigenvalue weighted by Crippen LogP contribution is -2.32. The smallest absolute Gasteiger partial charge is 0.259 e. The van der Waals surface area contributed by atoms with Crippen molar-refractivity contribution in [3.05, 3.63) is 75.6 Å². The van der Waals surface area contributed by atoms with Gasteiger partial charge in [0, 0.05) is 19.8 Å². The van der Waals surface area contributed by atoms with Crippen molar-refractivity contribution in [1.82, 2.24) is 9.47 Å². The second-order valence-electron chi connectivity index (χ2n) is 6.50. The normalized spacial score (nSPS) is 10.9. The molecule has 0 saturated heterocycles. The van der Waals surface area contributed by atoms with Gasteiger partial charge in [0.15, 0.2) is 17.4 Å². The van der Waals surface area contributed by atoms with Gasteiger partial charge in [-0.15, -0.1) is 0 Å². The Morgan fingerprint density at radius 3 is 2.52 bits per heavy atom. The average molecular weight is 404 g/mol. The van der Waals surface area contributed by atoms with Gasteiger partial charge in [-0.25, -0.2) is 13.2 Å². The molecule has 0 N–H and O–H groups in total. The van der Waals surface area contributed by atoms with Crippen LogP contribution in [0, 0.1) is 11.6 Å². The highest BCUT2D eigenvalue weighted by atomic mass is 19.1. The fraction of sp³-hybridized carbons (Fsp3) is 0.238. The summed E-state index contributed by atoms with van der Waals surface area (Å²) in [6, 6.07) is 9.92. The molecule has 3 rings (SSSR count). The monoisotopic (exact) mass is 404 g/mol. The van der Waals surface area contributed by atoms with Crippen LogP contribution in [0.5, 0.6) is 5.75 Å². The third kappa shape index (κ3) is 3.83. The molecule has 0 aliphatic rings. The molecule has 5 nitrogen and oxygen atoms in total. The minimum absolute atomic E-state index is 0.228. The van der Waals surface area contributed by atoms with E-state index in [2.05, 4.69) is 0 Å². The number of fused-ring (bicyclic) bond motifs is 1. The average Bonchev–Trinajstić information content (AvgIpc) is 2.70. The number of halogens is 3. The summed E-state index contributed by atoms with van der Waals surface area (Å²) in [5, 5.41) is -0.354. The molecule has 0 atom stereocenters. The predicted octanol–water partition coefficient (Wildman–Crippen LogP) is 3.53. The Morgan fingerprint density at radius 2 is 1.90 bits per heavy atom. The molecule has 2 aromatic carbocycles. The molecule has 1 aromatic heterocycles. The van der Waals surface area contributed by atoms with Crippen LogP contribution in [0.1, 0.15) is 15.9 Å². The number of rotatable bonds is 6. The molecule has 8 heteroatoms. The van der Waals surface area contributed by atoms with Crippen molar-refractivity contribution in [2.75, 3.05) is 20.8 Å². The molecule has 152 valence electrons. The molecule has 0 spiro atoms. The third-order valence-electron chi connectivity index (χ3n) is 4.58. The minimum atomic E-state index is -1.12. The number of hydrogen-bond acceptors (Lipinski definition) is 3. The van der Waals surface area contributed by atoms with Crippen molar-refractivity contribution in [2.24, 2.45) is 0 Å². The Labute approximate surface area is 164 Å². The summed E-state index contributed by atoms with van der Waals surface area (Å²) >= 11 is 0. The maximum Gasteiger partial charge on any atom is 0.259 e. The maximum absolute atomic E-state index is 14.7. The van der Waals surface area contributed by atoms with Gasteiger partial charge in [0.2, 0.25) is 5.43 Å². The van der Waals surface area contributed by atoms with Crippen molar-refractivity contribution < 1.29 is 22.7 Å². The number of carbonyl (C=O) groups excluding carboxylic acids is 1. The number of nitrogens with zero attached hydrogens (tertiary/aromatic N) is 2. The molecule has 0 bridgehead atoms. The quantitative estimate of drug-likeness (QED) is 0.632. The molecule has 0 aliphatic heterocycles. The van der Waals surface area contributed by atoms with Crippen LogP contribution >= 0.6 is 0 Å². The van der Waals surface area contributed by atoms with Crippen molar-refractivity contribution in [2.45, 2.75) is 13.1 Å². The van der Waals surface area contributed by atoms with E-state index in [-0.39, 0.29) is 29.6 Å². The fourth-order valence-corrected chi connectivity index (χ4v) is 3.21. The lowest BCUT2D eigenvalue weighted by molar-refractivity contribution is 0.0783. The van der Waals surface area contributed by atoms with Crippen LogP contribution in [0.3, 0.4) is 0 Å². The van der Waals surface area contributed by atoms with E-state index < -0.39 is 35.4 Å². The largest absolute Gasteiger partial charge is 0.491 e. The summed E-state index contributed by atoms with van der Waals surface area (Å²) in [5.41, 5.74) is -0.600. The standard InChI is InChI=1S/C21H19F3N2O3/c1-25(11-13-6-4-3-5-7-13)21(28)15-12-26(9-8-22)18-14(19(15)27)10-16(23)20(29-2)17(18)24/h3-7,10,12H,8-9,11H2,1-2H3. The minimum Gasteiger partial charge on any atom is -0.491 e. The summed E-state index contributed by atoms with van der Waals surface area (Å²) in [7, 11) is 2.59. The zero-order valence-electron chi connectivity index (χ0n) is 15.9. The number of amides is 1. The number of aromatic nitrogens is 1. The highest BCUT2D eigenvalue weighted by Gasteiger charge is 2.24. The van der Waals surface area contributed by atoms with E-state index in [1.165, 1.54) is 11.9 Å². The van der Waals surface area contributed by atoms with Gasteiger partial charge >= 0.3 is 0 Å². The van der Waals surface area contributed by atoms with Gasteiger partial charge < -0.3 is 14.2 Å². The van der Waals surface area contributed by atoms with Gasteiger partial charge in [-0.1, -0.05) is 30.3 Å². The van der Waals surface area contributed by atoms with Crippen LogP contribution in [0.2, 0.25) is 0 Å². The summed E-state index contributed by atoms with van der Waals surface area (Å²) in [4.78, 5) is 27.0.